The minimum atomic E-state index is -0.754. The number of esters is 1. The minimum absolute atomic E-state index is 0.179. The number of benzene rings is 2. The van der Waals surface area contributed by atoms with Crippen LogP contribution in [0.5, 0.6) is 5.75 Å². The fourth-order valence-electron chi connectivity index (χ4n) is 3.94. The molecule has 176 valence electrons. The van der Waals surface area contributed by atoms with Gasteiger partial charge in [0.05, 0.1) is 19.3 Å². The number of nitrogens with one attached hydrogen (secondary N) is 1. The van der Waals surface area contributed by atoms with Gasteiger partial charge in [0.15, 0.2) is 0 Å². The van der Waals surface area contributed by atoms with Crippen LogP contribution in [0.1, 0.15) is 35.7 Å². The third-order valence-electron chi connectivity index (χ3n) is 5.72. The lowest BCUT2D eigenvalue weighted by atomic mass is 9.94. The summed E-state index contributed by atoms with van der Waals surface area (Å²) in [6.07, 6.45) is 1.36. The molecule has 7 nitrogen and oxygen atoms in total. The summed E-state index contributed by atoms with van der Waals surface area (Å²) in [5.74, 6) is -0.654. The fraction of sp³-hybridized carbons (Fsp3) is 0.400. The van der Waals surface area contributed by atoms with Gasteiger partial charge in [0.2, 0.25) is 5.91 Å². The molecule has 1 heterocycles. The lowest BCUT2D eigenvalue weighted by Crippen LogP contribution is -2.48. The summed E-state index contributed by atoms with van der Waals surface area (Å²) < 4.78 is 10.5. The van der Waals surface area contributed by atoms with Gasteiger partial charge in [-0.05, 0) is 43.5 Å². The van der Waals surface area contributed by atoms with Gasteiger partial charge in [0.25, 0.3) is 5.91 Å². The Morgan fingerprint density at radius 2 is 1.82 bits per heavy atom. The quantitative estimate of drug-likeness (QED) is 0.594. The fourth-order valence-corrected chi connectivity index (χ4v) is 4.11. The van der Waals surface area contributed by atoms with Crippen LogP contribution in [0.25, 0.3) is 0 Å². The molecule has 2 amide bonds. The van der Waals surface area contributed by atoms with Gasteiger partial charge < -0.3 is 19.7 Å². The van der Waals surface area contributed by atoms with E-state index < -0.39 is 12.0 Å². The standard InChI is InChI=1S/C25H29ClN2O5/c1-3-33-25(31)21(15-17-7-5-4-6-8-17)27-23(29)18-11-13-28(14-12-18)24(30)20-16-19(26)9-10-22(20)32-2/h4-10,16,18,21H,3,11-15H2,1-2H3,(H,27,29). The number of piperidine rings is 1. The van der Waals surface area contributed by atoms with Crippen molar-refractivity contribution in [3.63, 3.8) is 0 Å². The van der Waals surface area contributed by atoms with Gasteiger partial charge in [-0.15, -0.1) is 0 Å². The van der Waals surface area contributed by atoms with Crippen molar-refractivity contribution in [1.82, 2.24) is 10.2 Å². The maximum Gasteiger partial charge on any atom is 0.328 e. The zero-order chi connectivity index (χ0) is 23.8. The van der Waals surface area contributed by atoms with Gasteiger partial charge in [-0.25, -0.2) is 4.79 Å². The number of nitrogens with zero attached hydrogens (tertiary/aromatic N) is 1. The zero-order valence-electron chi connectivity index (χ0n) is 18.9. The van der Waals surface area contributed by atoms with E-state index in [1.54, 1.807) is 30.0 Å². The molecule has 0 saturated carbocycles. The van der Waals surface area contributed by atoms with E-state index >= 15 is 0 Å². The maximum absolute atomic E-state index is 13.0. The third kappa shape index (κ3) is 6.48. The normalized spacial score (nSPS) is 14.9. The first-order valence-electron chi connectivity index (χ1n) is 11.1. The molecule has 1 N–H and O–H groups in total. The number of hydrogen-bond acceptors (Lipinski definition) is 5. The number of carbonyl (C=O) groups is 3. The number of halogens is 1. The minimum Gasteiger partial charge on any atom is -0.496 e. The van der Waals surface area contributed by atoms with Crippen LogP contribution in [-0.2, 0) is 20.7 Å². The number of carbonyl (C=O) groups excluding carboxylic acids is 3. The van der Waals surface area contributed by atoms with Crippen LogP contribution in [-0.4, -0.2) is 55.5 Å². The average Bonchev–Trinajstić information content (AvgIpc) is 2.84. The molecule has 1 fully saturated rings. The lowest BCUT2D eigenvalue weighted by Gasteiger charge is -2.32. The maximum atomic E-state index is 13.0. The van der Waals surface area contributed by atoms with Crippen molar-refractivity contribution in [2.45, 2.75) is 32.2 Å². The molecule has 1 unspecified atom stereocenters. The molecule has 0 aromatic heterocycles. The van der Waals surface area contributed by atoms with E-state index in [1.807, 2.05) is 30.3 Å². The zero-order valence-corrected chi connectivity index (χ0v) is 19.6. The summed E-state index contributed by atoms with van der Waals surface area (Å²) in [7, 11) is 1.51. The van der Waals surface area contributed by atoms with Crippen molar-refractivity contribution in [3.05, 3.63) is 64.7 Å². The molecule has 0 aliphatic carbocycles. The predicted octanol–water partition coefficient (Wildman–Crippen LogP) is 3.49. The van der Waals surface area contributed by atoms with Gasteiger partial charge in [-0.3, -0.25) is 9.59 Å². The van der Waals surface area contributed by atoms with Crippen LogP contribution in [0.15, 0.2) is 48.5 Å². The number of ether oxygens (including phenoxy) is 2. The highest BCUT2D eigenvalue weighted by molar-refractivity contribution is 6.31. The van der Waals surface area contributed by atoms with Gasteiger partial charge in [-0.1, -0.05) is 41.9 Å². The molecule has 2 aromatic carbocycles. The first-order chi connectivity index (χ1) is 15.9. The van der Waals surface area contributed by atoms with Crippen LogP contribution in [0.4, 0.5) is 0 Å². The van der Waals surface area contributed by atoms with Crippen molar-refractivity contribution in [1.29, 1.82) is 0 Å². The Morgan fingerprint density at radius 1 is 1.12 bits per heavy atom. The molecule has 1 saturated heterocycles. The molecular formula is C25H29ClN2O5. The Bertz CT molecular complexity index is 974. The van der Waals surface area contributed by atoms with E-state index in [9.17, 15) is 14.4 Å². The van der Waals surface area contributed by atoms with Gasteiger partial charge in [-0.2, -0.15) is 0 Å². The molecule has 1 aliphatic rings. The first kappa shape index (κ1) is 24.6. The second kappa shape index (κ2) is 11.7. The Hall–Kier alpha value is -3.06. The Balaban J connectivity index is 1.61. The van der Waals surface area contributed by atoms with Gasteiger partial charge in [0.1, 0.15) is 11.8 Å². The number of methoxy groups -OCH3 is 1. The summed E-state index contributed by atoms with van der Waals surface area (Å²) in [5.41, 5.74) is 1.34. The van der Waals surface area contributed by atoms with Gasteiger partial charge >= 0.3 is 5.97 Å². The van der Waals surface area contributed by atoms with Crippen molar-refractivity contribution in [2.24, 2.45) is 5.92 Å². The van der Waals surface area contributed by atoms with Gasteiger partial charge in [0, 0.05) is 30.5 Å². The number of likely N-dealkylation sites (tertiary alicyclic amines) is 1. The van der Waals surface area contributed by atoms with E-state index in [-0.39, 0.29) is 24.3 Å². The topological polar surface area (TPSA) is 84.9 Å². The molecule has 0 radical (unpaired) electrons. The van der Waals surface area contributed by atoms with Crippen LogP contribution < -0.4 is 10.1 Å². The molecule has 0 bridgehead atoms. The average molecular weight is 473 g/mol. The number of rotatable bonds is 8. The van der Waals surface area contributed by atoms with Crippen molar-refractivity contribution >= 4 is 29.4 Å². The predicted molar refractivity (Wildman–Crippen MR) is 125 cm³/mol. The summed E-state index contributed by atoms with van der Waals surface area (Å²) in [6.45, 7) is 2.83. The van der Waals surface area contributed by atoms with E-state index in [1.165, 1.54) is 7.11 Å². The van der Waals surface area contributed by atoms with Crippen LogP contribution in [0.2, 0.25) is 5.02 Å². The molecule has 3 rings (SSSR count). The molecule has 8 heteroatoms. The lowest BCUT2D eigenvalue weighted by molar-refractivity contribution is -0.148. The Labute approximate surface area is 199 Å². The highest BCUT2D eigenvalue weighted by Crippen LogP contribution is 2.26. The van der Waals surface area contributed by atoms with Crippen molar-refractivity contribution in [2.75, 3.05) is 26.8 Å². The molecule has 2 aromatic rings. The largest absolute Gasteiger partial charge is 0.496 e. The first-order valence-corrected chi connectivity index (χ1v) is 11.4. The molecular weight excluding hydrogens is 444 g/mol. The summed E-state index contributed by atoms with van der Waals surface area (Å²) in [6, 6.07) is 13.7. The highest BCUT2D eigenvalue weighted by Gasteiger charge is 2.31. The molecule has 33 heavy (non-hydrogen) atoms. The summed E-state index contributed by atoms with van der Waals surface area (Å²) in [4.78, 5) is 40.1. The van der Waals surface area contributed by atoms with E-state index in [4.69, 9.17) is 21.1 Å². The second-order valence-corrected chi connectivity index (χ2v) is 8.35. The molecule has 1 atom stereocenters. The SMILES string of the molecule is CCOC(=O)C(Cc1ccccc1)NC(=O)C1CCN(C(=O)c2cc(Cl)ccc2OC)CC1. The monoisotopic (exact) mass is 472 g/mol. The van der Waals surface area contributed by atoms with E-state index in [2.05, 4.69) is 5.32 Å². The van der Waals surface area contributed by atoms with Crippen LogP contribution >= 0.6 is 11.6 Å². The summed E-state index contributed by atoms with van der Waals surface area (Å²) >= 11 is 6.06. The summed E-state index contributed by atoms with van der Waals surface area (Å²) in [5, 5.41) is 3.32. The van der Waals surface area contributed by atoms with Crippen LogP contribution in [0.3, 0.4) is 0 Å². The number of hydrogen-bond donors (Lipinski definition) is 1. The Morgan fingerprint density at radius 3 is 2.45 bits per heavy atom. The Kier molecular flexibility index (Phi) is 8.72. The van der Waals surface area contributed by atoms with E-state index in [0.29, 0.717) is 48.7 Å². The van der Waals surface area contributed by atoms with Crippen molar-refractivity contribution in [3.8, 4) is 5.75 Å². The van der Waals surface area contributed by atoms with E-state index in [0.717, 1.165) is 5.56 Å². The van der Waals surface area contributed by atoms with Crippen LogP contribution in [0, 0.1) is 5.92 Å². The molecule has 1 aliphatic heterocycles. The van der Waals surface area contributed by atoms with Crippen molar-refractivity contribution < 1.29 is 23.9 Å². The number of amides is 2. The smallest absolute Gasteiger partial charge is 0.328 e. The molecule has 0 spiro atoms. The third-order valence-corrected chi connectivity index (χ3v) is 5.95. The second-order valence-electron chi connectivity index (χ2n) is 7.91. The highest BCUT2D eigenvalue weighted by atomic mass is 35.5.